The third-order valence-electron chi connectivity index (χ3n) is 3.12. The molecule has 9 heteroatoms. The number of aryl methyl sites for hydroxylation is 1. The third-order valence-corrected chi connectivity index (χ3v) is 3.45. The number of halogens is 4. The maximum absolute atomic E-state index is 12.8. The van der Waals surface area contributed by atoms with Gasteiger partial charge in [0.25, 0.3) is 5.91 Å². The molecule has 2 rings (SSSR count). The average molecular weight is 387 g/mol. The van der Waals surface area contributed by atoms with Crippen molar-refractivity contribution in [2.24, 2.45) is 0 Å². The Morgan fingerprint density at radius 3 is 2.35 bits per heavy atom. The van der Waals surface area contributed by atoms with Crippen molar-refractivity contribution < 1.29 is 18.0 Å². The molecule has 1 aromatic heterocycles. The maximum atomic E-state index is 12.8. The van der Waals surface area contributed by atoms with Crippen molar-refractivity contribution in [1.82, 2.24) is 9.97 Å². The number of rotatable bonds is 3. The van der Waals surface area contributed by atoms with Crippen molar-refractivity contribution in [3.05, 3.63) is 46.4 Å². The first-order valence-corrected chi connectivity index (χ1v) is 8.05. The van der Waals surface area contributed by atoms with Crippen LogP contribution in [0.15, 0.2) is 24.3 Å². The zero-order valence-electron chi connectivity index (χ0n) is 14.6. The lowest BCUT2D eigenvalue weighted by Crippen LogP contribution is -2.27. The normalized spacial score (nSPS) is 12.0. The van der Waals surface area contributed by atoms with E-state index in [0.29, 0.717) is 11.6 Å². The number of alkyl halides is 3. The molecule has 26 heavy (non-hydrogen) atoms. The summed E-state index contributed by atoms with van der Waals surface area (Å²) < 4.78 is 38.5. The van der Waals surface area contributed by atoms with Gasteiger partial charge in [-0.25, -0.2) is 9.97 Å². The van der Waals surface area contributed by atoms with E-state index >= 15 is 0 Å². The van der Waals surface area contributed by atoms with E-state index in [-0.39, 0.29) is 21.9 Å². The fourth-order valence-corrected chi connectivity index (χ4v) is 2.28. The fourth-order valence-electron chi connectivity index (χ4n) is 2.12. The van der Waals surface area contributed by atoms with Crippen LogP contribution >= 0.6 is 11.6 Å². The predicted octanol–water partition coefficient (Wildman–Crippen LogP) is 4.92. The van der Waals surface area contributed by atoms with Gasteiger partial charge in [0.05, 0.1) is 16.3 Å². The average Bonchev–Trinajstić information content (AvgIpc) is 2.45. The highest BCUT2D eigenvalue weighted by Gasteiger charge is 2.31. The first-order chi connectivity index (χ1) is 11.8. The van der Waals surface area contributed by atoms with E-state index in [1.807, 2.05) is 20.8 Å². The highest BCUT2D eigenvalue weighted by Crippen LogP contribution is 2.34. The molecule has 0 bridgehead atoms. The van der Waals surface area contributed by atoms with Gasteiger partial charge in [0.2, 0.25) is 0 Å². The topological polar surface area (TPSA) is 66.9 Å². The molecule has 0 radical (unpaired) electrons. The summed E-state index contributed by atoms with van der Waals surface area (Å²) in [4.78, 5) is 20.7. The number of nitrogens with zero attached hydrogens (tertiary/aromatic N) is 2. The number of anilines is 2. The van der Waals surface area contributed by atoms with Gasteiger partial charge in [0, 0.05) is 11.6 Å². The van der Waals surface area contributed by atoms with Crippen molar-refractivity contribution in [2.75, 3.05) is 10.6 Å². The zero-order chi connectivity index (χ0) is 19.7. The Hall–Kier alpha value is -2.35. The Balaban J connectivity index is 2.31. The molecule has 2 N–H and O–H groups in total. The van der Waals surface area contributed by atoms with E-state index in [1.54, 1.807) is 6.92 Å². The van der Waals surface area contributed by atoms with Crippen LogP contribution in [0.1, 0.15) is 42.6 Å². The van der Waals surface area contributed by atoms with Crippen molar-refractivity contribution in [1.29, 1.82) is 0 Å². The fraction of sp³-hybridized carbons (Fsp3) is 0.353. The summed E-state index contributed by atoms with van der Waals surface area (Å²) in [6, 6.07) is 4.13. The Kier molecular flexibility index (Phi) is 5.46. The molecule has 2 aromatic rings. The maximum Gasteiger partial charge on any atom is 0.416 e. The summed E-state index contributed by atoms with van der Waals surface area (Å²) in [6.45, 7) is 7.38. The van der Waals surface area contributed by atoms with E-state index in [0.717, 1.165) is 18.2 Å². The number of benzene rings is 1. The van der Waals surface area contributed by atoms with E-state index in [1.165, 1.54) is 6.07 Å². The van der Waals surface area contributed by atoms with Crippen molar-refractivity contribution in [3.8, 4) is 0 Å². The molecule has 5 nitrogen and oxygen atoms in total. The largest absolute Gasteiger partial charge is 0.416 e. The van der Waals surface area contributed by atoms with Crippen LogP contribution in [0.25, 0.3) is 0 Å². The zero-order valence-corrected chi connectivity index (χ0v) is 15.4. The van der Waals surface area contributed by atoms with Crippen molar-refractivity contribution in [3.63, 3.8) is 0 Å². The van der Waals surface area contributed by atoms with Gasteiger partial charge in [-0.3, -0.25) is 4.79 Å². The van der Waals surface area contributed by atoms with Gasteiger partial charge in [0.1, 0.15) is 17.3 Å². The van der Waals surface area contributed by atoms with E-state index in [4.69, 9.17) is 11.6 Å². The molecule has 0 saturated heterocycles. The van der Waals surface area contributed by atoms with E-state index in [2.05, 4.69) is 20.6 Å². The van der Waals surface area contributed by atoms with Crippen molar-refractivity contribution in [2.45, 2.75) is 39.4 Å². The lowest BCUT2D eigenvalue weighted by molar-refractivity contribution is -0.137. The van der Waals surface area contributed by atoms with Crippen LogP contribution in [-0.2, 0) is 6.18 Å². The standard InChI is InChI=1S/C17H18ClF3N4O/c1-9-22-13(8-14(23-9)25-16(2,3)4)15(26)24-12-7-10(17(19,20)21)5-6-11(12)18/h5-8H,1-4H3,(H,24,26)(H,22,23,25). The van der Waals surface area contributed by atoms with Gasteiger partial charge in [-0.05, 0) is 45.9 Å². The molecule has 0 aliphatic carbocycles. The monoisotopic (exact) mass is 386 g/mol. The van der Waals surface area contributed by atoms with Crippen LogP contribution < -0.4 is 10.6 Å². The van der Waals surface area contributed by atoms with Crippen molar-refractivity contribution >= 4 is 29.0 Å². The predicted molar refractivity (Wildman–Crippen MR) is 94.6 cm³/mol. The summed E-state index contributed by atoms with van der Waals surface area (Å²) in [5.74, 6) is 0.0958. The summed E-state index contributed by atoms with van der Waals surface area (Å²) in [5.41, 5.74) is -1.34. The summed E-state index contributed by atoms with van der Waals surface area (Å²) in [7, 11) is 0. The van der Waals surface area contributed by atoms with Gasteiger partial charge >= 0.3 is 6.18 Å². The lowest BCUT2D eigenvalue weighted by Gasteiger charge is -2.21. The molecule has 0 fully saturated rings. The van der Waals surface area contributed by atoms with Gasteiger partial charge in [-0.15, -0.1) is 0 Å². The van der Waals surface area contributed by atoms with Gasteiger partial charge < -0.3 is 10.6 Å². The first-order valence-electron chi connectivity index (χ1n) is 7.67. The molecular weight excluding hydrogens is 369 g/mol. The summed E-state index contributed by atoms with van der Waals surface area (Å²) in [6.07, 6.45) is -4.54. The Bertz CT molecular complexity index is 832. The molecule has 0 atom stereocenters. The Morgan fingerprint density at radius 1 is 1.12 bits per heavy atom. The first kappa shape index (κ1) is 20.0. The van der Waals surface area contributed by atoms with Crippen LogP contribution in [-0.4, -0.2) is 21.4 Å². The van der Waals surface area contributed by atoms with Crippen LogP contribution in [0, 0.1) is 6.92 Å². The van der Waals surface area contributed by atoms with Gasteiger partial charge in [-0.2, -0.15) is 13.2 Å². The molecule has 0 saturated carbocycles. The van der Waals surface area contributed by atoms with E-state index in [9.17, 15) is 18.0 Å². The Labute approximate surface area is 154 Å². The van der Waals surface area contributed by atoms with Gasteiger partial charge in [-0.1, -0.05) is 11.6 Å². The lowest BCUT2D eigenvalue weighted by atomic mass is 10.1. The second-order valence-electron chi connectivity index (χ2n) is 6.71. The number of nitrogens with one attached hydrogen (secondary N) is 2. The molecule has 0 aliphatic rings. The second kappa shape index (κ2) is 7.11. The van der Waals surface area contributed by atoms with Crippen LogP contribution in [0.2, 0.25) is 5.02 Å². The highest BCUT2D eigenvalue weighted by molar-refractivity contribution is 6.33. The van der Waals surface area contributed by atoms with Crippen LogP contribution in [0.3, 0.4) is 0 Å². The number of hydrogen-bond donors (Lipinski definition) is 2. The minimum Gasteiger partial charge on any atom is -0.365 e. The molecule has 0 spiro atoms. The minimum atomic E-state index is -4.54. The quantitative estimate of drug-likeness (QED) is 0.785. The Morgan fingerprint density at radius 2 is 1.77 bits per heavy atom. The molecule has 140 valence electrons. The van der Waals surface area contributed by atoms with Crippen LogP contribution in [0.4, 0.5) is 24.7 Å². The summed E-state index contributed by atoms with van der Waals surface area (Å²) in [5, 5.41) is 5.47. The van der Waals surface area contributed by atoms with E-state index < -0.39 is 17.6 Å². The smallest absolute Gasteiger partial charge is 0.365 e. The summed E-state index contributed by atoms with van der Waals surface area (Å²) >= 11 is 5.90. The van der Waals surface area contributed by atoms with Gasteiger partial charge in [0.15, 0.2) is 0 Å². The third kappa shape index (κ3) is 5.32. The second-order valence-corrected chi connectivity index (χ2v) is 7.11. The molecule has 1 heterocycles. The number of aromatic nitrogens is 2. The molecule has 0 aliphatic heterocycles. The molecular formula is C17H18ClF3N4O. The van der Waals surface area contributed by atoms with Crippen LogP contribution in [0.5, 0.6) is 0 Å². The molecule has 1 aromatic carbocycles. The number of amides is 1. The number of hydrogen-bond acceptors (Lipinski definition) is 4. The highest BCUT2D eigenvalue weighted by atomic mass is 35.5. The molecule has 1 amide bonds. The minimum absolute atomic E-state index is 0.00910. The SMILES string of the molecule is Cc1nc(NC(C)(C)C)cc(C(=O)Nc2cc(C(F)(F)F)ccc2Cl)n1. The number of carbonyl (C=O) groups excluding carboxylic acids is 1. The molecule has 0 unspecified atom stereocenters. The number of carbonyl (C=O) groups is 1.